The standard InChI is InChI=1S/2C20H14N2O.Be/c2*23-19-10-13-9-12-5-1-2-6-14(12)15(13)11-16(19)20-21-17-7-3-4-8-18(17)22-20;/h2*1-8,10-11,23H,9H2,(H,21,22);/q;;+2/p-2. The third-order valence-corrected chi connectivity index (χ3v) is 9.08. The first kappa shape index (κ1) is 28.5. The molecule has 0 bridgehead atoms. The third kappa shape index (κ3) is 4.78. The summed E-state index contributed by atoms with van der Waals surface area (Å²) in [5.74, 6) is 1.33. The van der Waals surface area contributed by atoms with E-state index in [4.69, 9.17) is 0 Å². The number of fused-ring (bicyclic) bond motifs is 8. The zero-order valence-electron chi connectivity index (χ0n) is 25.4. The van der Waals surface area contributed by atoms with Crippen molar-refractivity contribution in [3.8, 4) is 56.5 Å². The second-order valence-electron chi connectivity index (χ2n) is 11.9. The Labute approximate surface area is 274 Å². The molecule has 0 radical (unpaired) electrons. The fourth-order valence-corrected chi connectivity index (χ4v) is 6.85. The van der Waals surface area contributed by atoms with Crippen LogP contribution in [0.5, 0.6) is 11.5 Å². The molecule has 10 rings (SSSR count). The van der Waals surface area contributed by atoms with Gasteiger partial charge in [-0.2, -0.15) is 0 Å². The van der Waals surface area contributed by atoms with Crippen molar-refractivity contribution in [3.05, 3.63) is 144 Å². The molecule has 2 N–H and O–H groups in total. The van der Waals surface area contributed by atoms with Crippen LogP contribution in [0.15, 0.2) is 121 Å². The first-order chi connectivity index (χ1) is 22.6. The minimum absolute atomic E-state index is 0. The van der Waals surface area contributed by atoms with Gasteiger partial charge in [0.25, 0.3) is 0 Å². The van der Waals surface area contributed by atoms with Crippen molar-refractivity contribution in [1.29, 1.82) is 0 Å². The van der Waals surface area contributed by atoms with E-state index in [0.29, 0.717) is 22.8 Å². The van der Waals surface area contributed by atoms with E-state index in [0.717, 1.165) is 57.2 Å². The van der Waals surface area contributed by atoms with Crippen molar-refractivity contribution in [2.75, 3.05) is 0 Å². The number of para-hydroxylation sites is 4. The average Bonchev–Trinajstić information content (AvgIpc) is 3.85. The van der Waals surface area contributed by atoms with Crippen LogP contribution in [-0.2, 0) is 12.8 Å². The molecule has 2 aliphatic carbocycles. The van der Waals surface area contributed by atoms with Gasteiger partial charge < -0.3 is 20.2 Å². The van der Waals surface area contributed by atoms with E-state index in [1.54, 1.807) is 12.1 Å². The van der Waals surface area contributed by atoms with Crippen LogP contribution in [0, 0.1) is 0 Å². The summed E-state index contributed by atoms with van der Waals surface area (Å²) in [4.78, 5) is 15.7. The summed E-state index contributed by atoms with van der Waals surface area (Å²) in [6, 6.07) is 39.8. The number of hydrogen-bond donors (Lipinski definition) is 2. The minimum Gasteiger partial charge on any atom is -0.872 e. The van der Waals surface area contributed by atoms with E-state index >= 15 is 0 Å². The molecule has 6 nitrogen and oxygen atoms in total. The van der Waals surface area contributed by atoms with Gasteiger partial charge in [-0.3, -0.25) is 0 Å². The zero-order valence-corrected chi connectivity index (χ0v) is 25.4. The maximum Gasteiger partial charge on any atom is 2.00 e. The van der Waals surface area contributed by atoms with Crippen LogP contribution in [-0.4, -0.2) is 30.1 Å². The number of aromatic amines is 2. The number of aromatic nitrogens is 4. The molecule has 0 spiro atoms. The first-order valence-electron chi connectivity index (χ1n) is 15.3. The summed E-state index contributed by atoms with van der Waals surface area (Å²) in [5, 5.41) is 25.1. The number of benzene rings is 6. The van der Waals surface area contributed by atoms with Gasteiger partial charge in [0.1, 0.15) is 11.6 Å². The second-order valence-corrected chi connectivity index (χ2v) is 11.9. The van der Waals surface area contributed by atoms with Crippen LogP contribution in [0.2, 0.25) is 0 Å². The number of hydrogen-bond acceptors (Lipinski definition) is 4. The maximum absolute atomic E-state index is 12.5. The van der Waals surface area contributed by atoms with Gasteiger partial charge in [-0.05, 0) is 93.7 Å². The van der Waals surface area contributed by atoms with E-state index < -0.39 is 0 Å². The van der Waals surface area contributed by atoms with Crippen molar-refractivity contribution in [3.63, 3.8) is 0 Å². The van der Waals surface area contributed by atoms with E-state index in [9.17, 15) is 10.2 Å². The van der Waals surface area contributed by atoms with Crippen LogP contribution < -0.4 is 10.2 Å². The van der Waals surface area contributed by atoms with Crippen LogP contribution in [0.3, 0.4) is 0 Å². The molecular weight excluding hydrogens is 577 g/mol. The van der Waals surface area contributed by atoms with Crippen molar-refractivity contribution >= 4 is 32.2 Å². The van der Waals surface area contributed by atoms with E-state index in [1.807, 2.05) is 84.9 Å². The Morgan fingerprint density at radius 1 is 0.426 bits per heavy atom. The Kier molecular flexibility index (Phi) is 6.75. The van der Waals surface area contributed by atoms with E-state index in [-0.39, 0.29) is 21.6 Å². The molecule has 0 unspecified atom stereocenters. The third-order valence-electron chi connectivity index (χ3n) is 9.08. The molecule has 6 aromatic carbocycles. The Bertz CT molecular complexity index is 2240. The van der Waals surface area contributed by atoms with Crippen LogP contribution in [0.25, 0.3) is 67.1 Å². The molecule has 8 aromatic rings. The fraction of sp³-hybridized carbons (Fsp3) is 0.0500. The Balaban J connectivity index is 0.000000135. The Hall–Kier alpha value is -5.97. The van der Waals surface area contributed by atoms with Gasteiger partial charge in [0.15, 0.2) is 0 Å². The topological polar surface area (TPSA) is 103 Å². The predicted octanol–water partition coefficient (Wildman–Crippen LogP) is 7.37. The van der Waals surface area contributed by atoms with Crippen molar-refractivity contribution in [2.45, 2.75) is 12.8 Å². The summed E-state index contributed by atoms with van der Waals surface area (Å²) in [5.41, 5.74) is 14.4. The van der Waals surface area contributed by atoms with Gasteiger partial charge in [0.05, 0.1) is 22.1 Å². The fourth-order valence-electron chi connectivity index (χ4n) is 6.85. The number of nitrogens with one attached hydrogen (secondary N) is 2. The molecule has 0 atom stereocenters. The quantitative estimate of drug-likeness (QED) is 0.201. The molecule has 7 heteroatoms. The van der Waals surface area contributed by atoms with E-state index in [1.165, 1.54) is 22.3 Å². The SMILES string of the molecule is [Be+2].[O-]c1cc2c(cc1-c1nc3ccccc3[nH]1)-c1ccccc1C2.[O-]c1cc2c(cc1-c1nc3ccccc3[nH]1)-c1ccccc1C2. The molecule has 0 saturated heterocycles. The number of H-pyrrole nitrogens is 2. The Morgan fingerprint density at radius 3 is 1.28 bits per heavy atom. The summed E-state index contributed by atoms with van der Waals surface area (Å²) in [7, 11) is 0. The largest absolute Gasteiger partial charge is 2.00 e. The maximum atomic E-state index is 12.5. The van der Waals surface area contributed by atoms with Gasteiger partial charge in [-0.15, -0.1) is 0 Å². The predicted molar refractivity (Wildman–Crippen MR) is 184 cm³/mol. The smallest absolute Gasteiger partial charge is 0.872 e. The molecule has 0 saturated carbocycles. The minimum atomic E-state index is 0. The van der Waals surface area contributed by atoms with Gasteiger partial charge in [-0.1, -0.05) is 96.4 Å². The van der Waals surface area contributed by atoms with Crippen LogP contribution in [0.4, 0.5) is 0 Å². The zero-order chi connectivity index (χ0) is 30.8. The molecule has 220 valence electrons. The summed E-state index contributed by atoms with van der Waals surface area (Å²) < 4.78 is 0. The summed E-state index contributed by atoms with van der Waals surface area (Å²) in [6.45, 7) is 0. The van der Waals surface area contributed by atoms with Crippen LogP contribution >= 0.6 is 0 Å². The molecule has 0 fully saturated rings. The first-order valence-corrected chi connectivity index (χ1v) is 15.3. The van der Waals surface area contributed by atoms with Gasteiger partial charge >= 0.3 is 10.1 Å². The monoisotopic (exact) mass is 603 g/mol. The molecule has 2 aliphatic rings. The molecule has 47 heavy (non-hydrogen) atoms. The average molecular weight is 604 g/mol. The number of nitrogens with zero attached hydrogens (tertiary/aromatic N) is 2. The van der Waals surface area contributed by atoms with Crippen LogP contribution in [0.1, 0.15) is 22.3 Å². The summed E-state index contributed by atoms with van der Waals surface area (Å²) in [6.07, 6.45) is 1.67. The van der Waals surface area contributed by atoms with Crippen molar-refractivity contribution in [1.82, 2.24) is 19.9 Å². The van der Waals surface area contributed by atoms with Gasteiger partial charge in [0, 0.05) is 11.1 Å². The van der Waals surface area contributed by atoms with Gasteiger partial charge in [-0.25, -0.2) is 9.97 Å². The van der Waals surface area contributed by atoms with Crippen molar-refractivity contribution < 1.29 is 10.2 Å². The molecule has 2 heterocycles. The second kappa shape index (κ2) is 11.1. The molecule has 2 aromatic heterocycles. The van der Waals surface area contributed by atoms with Crippen molar-refractivity contribution in [2.24, 2.45) is 0 Å². The summed E-state index contributed by atoms with van der Waals surface area (Å²) >= 11 is 0. The van der Waals surface area contributed by atoms with Gasteiger partial charge in [0.2, 0.25) is 0 Å². The normalized spacial score (nSPS) is 12.1. The van der Waals surface area contributed by atoms with E-state index in [2.05, 4.69) is 44.2 Å². The molecule has 0 aliphatic heterocycles. The molecule has 0 amide bonds. The number of rotatable bonds is 2. The Morgan fingerprint density at radius 2 is 0.830 bits per heavy atom. The molecular formula is C40H26BeN4O2. The number of imidazole rings is 2.